The first-order chi connectivity index (χ1) is 13.7. The molecule has 2 N–H and O–H groups in total. The van der Waals surface area contributed by atoms with Gasteiger partial charge in [-0.15, -0.1) is 12.4 Å². The van der Waals surface area contributed by atoms with E-state index in [0.29, 0.717) is 24.2 Å². The maximum atomic E-state index is 12.2. The maximum Gasteiger partial charge on any atom is 0.336 e. The van der Waals surface area contributed by atoms with E-state index < -0.39 is 5.63 Å². The monoisotopic (exact) mass is 417 g/mol. The van der Waals surface area contributed by atoms with Crippen molar-refractivity contribution >= 4 is 23.4 Å². The summed E-state index contributed by atoms with van der Waals surface area (Å²) in [4.78, 5) is 12.2. The molecule has 7 heteroatoms. The van der Waals surface area contributed by atoms with Gasteiger partial charge in [0.1, 0.15) is 17.1 Å². The molecule has 3 aromatic rings. The highest BCUT2D eigenvalue weighted by atomic mass is 35.5. The second kappa shape index (κ2) is 9.31. The van der Waals surface area contributed by atoms with E-state index in [9.17, 15) is 9.90 Å². The van der Waals surface area contributed by atoms with Crippen molar-refractivity contribution in [3.63, 3.8) is 0 Å². The number of ether oxygens (including phenoxy) is 2. The van der Waals surface area contributed by atoms with Gasteiger partial charge in [-0.1, -0.05) is 12.1 Å². The van der Waals surface area contributed by atoms with E-state index >= 15 is 0 Å². The van der Waals surface area contributed by atoms with Crippen molar-refractivity contribution in [1.29, 1.82) is 0 Å². The highest BCUT2D eigenvalue weighted by molar-refractivity contribution is 5.95. The molecule has 1 fully saturated rings. The van der Waals surface area contributed by atoms with Crippen LogP contribution in [0, 0.1) is 0 Å². The molecule has 1 atom stereocenters. The second-order valence-corrected chi connectivity index (χ2v) is 6.91. The Morgan fingerprint density at radius 2 is 2.00 bits per heavy atom. The van der Waals surface area contributed by atoms with E-state index in [1.54, 1.807) is 19.2 Å². The summed E-state index contributed by atoms with van der Waals surface area (Å²) in [5, 5.41) is 14.5. The molecule has 0 radical (unpaired) electrons. The van der Waals surface area contributed by atoms with Crippen LogP contribution in [0.2, 0.25) is 0 Å². The highest BCUT2D eigenvalue weighted by Crippen LogP contribution is 2.33. The molecule has 1 aliphatic heterocycles. The van der Waals surface area contributed by atoms with Gasteiger partial charge in [-0.3, -0.25) is 0 Å². The molecule has 0 aliphatic carbocycles. The van der Waals surface area contributed by atoms with E-state index in [2.05, 4.69) is 5.32 Å². The van der Waals surface area contributed by atoms with Crippen LogP contribution in [0.25, 0.3) is 22.1 Å². The van der Waals surface area contributed by atoms with Gasteiger partial charge in [-0.25, -0.2) is 4.79 Å². The molecule has 2 aromatic carbocycles. The van der Waals surface area contributed by atoms with Crippen LogP contribution >= 0.6 is 12.4 Å². The Kier molecular flexibility index (Phi) is 6.79. The van der Waals surface area contributed by atoms with Crippen molar-refractivity contribution in [2.24, 2.45) is 0 Å². The lowest BCUT2D eigenvalue weighted by atomic mass is 9.99. The fraction of sp³-hybridized carbons (Fsp3) is 0.318. The number of phenols is 1. The number of nitrogens with one attached hydrogen (secondary N) is 1. The Balaban J connectivity index is 0.00000240. The molecule has 29 heavy (non-hydrogen) atoms. The molecular weight excluding hydrogens is 394 g/mol. The zero-order chi connectivity index (χ0) is 19.5. The molecule has 0 amide bonds. The van der Waals surface area contributed by atoms with Crippen molar-refractivity contribution in [2.75, 3.05) is 20.3 Å². The second-order valence-electron chi connectivity index (χ2n) is 6.91. The average molecular weight is 418 g/mol. The molecule has 1 saturated heterocycles. The van der Waals surface area contributed by atoms with Gasteiger partial charge in [0.05, 0.1) is 18.8 Å². The lowest BCUT2D eigenvalue weighted by molar-refractivity contribution is 0.110. The molecule has 1 aliphatic rings. The third kappa shape index (κ3) is 4.56. The van der Waals surface area contributed by atoms with E-state index in [0.717, 1.165) is 41.7 Å². The highest BCUT2D eigenvalue weighted by Gasteiger charge is 2.17. The van der Waals surface area contributed by atoms with Crippen LogP contribution in [0.15, 0.2) is 51.7 Å². The van der Waals surface area contributed by atoms with Gasteiger partial charge >= 0.3 is 5.63 Å². The smallest absolute Gasteiger partial charge is 0.336 e. The van der Waals surface area contributed by atoms with E-state index in [-0.39, 0.29) is 24.3 Å². The van der Waals surface area contributed by atoms with Crippen molar-refractivity contribution in [3.8, 4) is 22.6 Å². The summed E-state index contributed by atoms with van der Waals surface area (Å²) in [7, 11) is 1.61. The van der Waals surface area contributed by atoms with Crippen LogP contribution in [0.5, 0.6) is 11.5 Å². The molecule has 6 nitrogen and oxygen atoms in total. The molecule has 0 spiro atoms. The summed E-state index contributed by atoms with van der Waals surface area (Å²) in [5.74, 6) is 0.843. The molecule has 0 bridgehead atoms. The molecule has 0 saturated carbocycles. The van der Waals surface area contributed by atoms with Gasteiger partial charge in [0.15, 0.2) is 0 Å². The SMILES string of the molecule is COc1ccc(-c2cc(=O)oc3c(CNCC4CCCO4)c(O)ccc23)cc1.Cl. The van der Waals surface area contributed by atoms with Gasteiger partial charge in [0, 0.05) is 31.1 Å². The van der Waals surface area contributed by atoms with Crippen molar-refractivity contribution < 1.29 is 19.0 Å². The zero-order valence-electron chi connectivity index (χ0n) is 16.1. The minimum atomic E-state index is -0.454. The first-order valence-electron chi connectivity index (χ1n) is 9.41. The predicted molar refractivity (Wildman–Crippen MR) is 114 cm³/mol. The maximum absolute atomic E-state index is 12.2. The minimum absolute atomic E-state index is 0. The number of rotatable bonds is 6. The lowest BCUT2D eigenvalue weighted by Crippen LogP contribution is -2.26. The molecule has 154 valence electrons. The van der Waals surface area contributed by atoms with Gasteiger partial charge in [-0.05, 0) is 48.2 Å². The van der Waals surface area contributed by atoms with Gasteiger partial charge in [-0.2, -0.15) is 0 Å². The molecule has 1 unspecified atom stereocenters. The topological polar surface area (TPSA) is 80.9 Å². The minimum Gasteiger partial charge on any atom is -0.507 e. The number of halogens is 1. The Hall–Kier alpha value is -2.54. The standard InChI is InChI=1S/C22H23NO5.ClH/c1-26-15-6-4-14(5-7-15)18-11-21(25)28-22-17(18)8-9-20(24)19(22)13-23-12-16-3-2-10-27-16;/h4-9,11,16,23-24H,2-3,10,12-13H2,1H3;1H. The number of aromatic hydroxyl groups is 1. The molecule has 1 aromatic heterocycles. The molecule has 4 rings (SSSR count). The van der Waals surface area contributed by atoms with Crippen molar-refractivity contribution in [1.82, 2.24) is 5.32 Å². The van der Waals surface area contributed by atoms with Crippen molar-refractivity contribution in [2.45, 2.75) is 25.5 Å². The van der Waals surface area contributed by atoms with Gasteiger partial charge in [0.2, 0.25) is 0 Å². The number of hydrogen-bond acceptors (Lipinski definition) is 6. The number of methoxy groups -OCH3 is 1. The Labute approximate surface area is 174 Å². The predicted octanol–water partition coefficient (Wildman–Crippen LogP) is 3.86. The van der Waals surface area contributed by atoms with E-state index in [4.69, 9.17) is 13.9 Å². The summed E-state index contributed by atoms with van der Waals surface area (Å²) in [6.45, 7) is 1.88. The quantitative estimate of drug-likeness (QED) is 0.593. The third-order valence-corrected chi connectivity index (χ3v) is 5.09. The summed E-state index contributed by atoms with van der Waals surface area (Å²) in [6, 6.07) is 12.4. The average Bonchev–Trinajstić information content (AvgIpc) is 3.23. The fourth-order valence-corrected chi connectivity index (χ4v) is 3.62. The van der Waals surface area contributed by atoms with Crippen LogP contribution in [-0.4, -0.2) is 31.5 Å². The van der Waals surface area contributed by atoms with Crippen LogP contribution in [-0.2, 0) is 11.3 Å². The van der Waals surface area contributed by atoms with Crippen LogP contribution in [0.1, 0.15) is 18.4 Å². The summed E-state index contributed by atoms with van der Waals surface area (Å²) in [6.07, 6.45) is 2.30. The molecule has 2 heterocycles. The van der Waals surface area contributed by atoms with E-state index in [1.165, 1.54) is 6.07 Å². The number of fused-ring (bicyclic) bond motifs is 1. The lowest BCUT2D eigenvalue weighted by Gasteiger charge is -2.14. The van der Waals surface area contributed by atoms with E-state index in [1.807, 2.05) is 24.3 Å². The largest absolute Gasteiger partial charge is 0.507 e. The van der Waals surface area contributed by atoms with Crippen LogP contribution < -0.4 is 15.7 Å². The normalized spacial score (nSPS) is 16.0. The number of phenolic OH excluding ortho intramolecular Hbond substituents is 1. The third-order valence-electron chi connectivity index (χ3n) is 5.09. The Morgan fingerprint density at radius 1 is 1.21 bits per heavy atom. The zero-order valence-corrected chi connectivity index (χ0v) is 17.0. The van der Waals surface area contributed by atoms with Crippen molar-refractivity contribution in [3.05, 3.63) is 58.4 Å². The first-order valence-corrected chi connectivity index (χ1v) is 9.41. The van der Waals surface area contributed by atoms with Gasteiger partial charge < -0.3 is 24.3 Å². The summed E-state index contributed by atoms with van der Waals surface area (Å²) < 4.78 is 16.3. The molecular formula is C22H24ClNO5. The van der Waals surface area contributed by atoms with Gasteiger partial charge in [0.25, 0.3) is 0 Å². The summed E-state index contributed by atoms with van der Waals surface area (Å²) in [5.41, 5.74) is 2.15. The fourth-order valence-electron chi connectivity index (χ4n) is 3.62. The van der Waals surface area contributed by atoms with Crippen LogP contribution in [0.4, 0.5) is 0 Å². The number of benzene rings is 2. The Bertz CT molecular complexity index is 1030. The van der Waals surface area contributed by atoms with Crippen LogP contribution in [0.3, 0.4) is 0 Å². The summed E-state index contributed by atoms with van der Waals surface area (Å²) >= 11 is 0. The number of hydrogen-bond donors (Lipinski definition) is 2. The Morgan fingerprint density at radius 3 is 2.69 bits per heavy atom. The first kappa shape index (κ1) is 21.2.